The number of aromatic nitrogens is 4. The third-order valence-electron chi connectivity index (χ3n) is 7.85. The molecule has 1 aromatic carbocycles. The number of pyridine rings is 1. The third-order valence-corrected chi connectivity index (χ3v) is 7.85. The van der Waals surface area contributed by atoms with Crippen molar-refractivity contribution in [3.63, 3.8) is 0 Å². The molecule has 3 aromatic rings. The van der Waals surface area contributed by atoms with Crippen LogP contribution in [0.1, 0.15) is 45.4 Å². The number of hydrogen-bond donors (Lipinski definition) is 2. The SMILES string of the molecule is COc1cc(-c2ccc(-c3ncc(N(C4CC4)[C@H]4C[C@]5(C)CCC[C@@H](N5)[C@H]4F)nn3)c(O)c2)cc(F)n1. The first-order valence-electron chi connectivity index (χ1n) is 12.8. The average Bonchev–Trinajstić information content (AvgIpc) is 3.72. The summed E-state index contributed by atoms with van der Waals surface area (Å²) in [5.41, 5.74) is 1.43. The van der Waals surface area contributed by atoms with Crippen LogP contribution in [0.15, 0.2) is 36.5 Å². The van der Waals surface area contributed by atoms with Gasteiger partial charge in [0.1, 0.15) is 11.9 Å². The molecule has 2 N–H and O–H groups in total. The second kappa shape index (κ2) is 9.16. The lowest BCUT2D eigenvalue weighted by atomic mass is 9.74. The standard InChI is InChI=1S/C27H30F2N6O2/c1-27-9-3-4-19(32-27)25(29)20(13-27)35(17-6-7-17)23-14-30-26(34-33-23)18-8-5-15(10-21(18)36)16-11-22(28)31-24(12-16)37-2/h5,8,10-12,14,17,19-20,25,32,36H,3-4,6-7,9,13H2,1-2H3/t19-,20+,25-,27+/m1/s1. The summed E-state index contributed by atoms with van der Waals surface area (Å²) in [5, 5.41) is 23.0. The number of benzene rings is 1. The number of nitrogens with one attached hydrogen (secondary N) is 1. The van der Waals surface area contributed by atoms with Crippen LogP contribution < -0.4 is 15.0 Å². The van der Waals surface area contributed by atoms with E-state index in [1.54, 1.807) is 24.4 Å². The predicted octanol–water partition coefficient (Wildman–Crippen LogP) is 4.43. The van der Waals surface area contributed by atoms with E-state index >= 15 is 4.39 Å². The molecule has 194 valence electrons. The van der Waals surface area contributed by atoms with E-state index in [-0.39, 0.29) is 41.1 Å². The van der Waals surface area contributed by atoms with Crippen molar-refractivity contribution in [1.29, 1.82) is 0 Å². The van der Waals surface area contributed by atoms with Gasteiger partial charge in [-0.3, -0.25) is 0 Å². The molecular formula is C27H30F2N6O2. The zero-order valence-electron chi connectivity index (χ0n) is 20.9. The maximum absolute atomic E-state index is 15.6. The molecule has 1 aliphatic carbocycles. The van der Waals surface area contributed by atoms with Gasteiger partial charge in [-0.2, -0.15) is 9.37 Å². The Labute approximate surface area is 214 Å². The first-order valence-corrected chi connectivity index (χ1v) is 12.8. The zero-order valence-corrected chi connectivity index (χ0v) is 20.9. The minimum atomic E-state index is -0.983. The van der Waals surface area contributed by atoms with Gasteiger partial charge < -0.3 is 20.1 Å². The summed E-state index contributed by atoms with van der Waals surface area (Å²) in [6.07, 6.45) is 6.31. The van der Waals surface area contributed by atoms with Crippen LogP contribution in [0.5, 0.6) is 11.6 Å². The Morgan fingerprint density at radius 2 is 1.97 bits per heavy atom. The summed E-state index contributed by atoms with van der Waals surface area (Å²) in [7, 11) is 1.41. The van der Waals surface area contributed by atoms with Crippen molar-refractivity contribution in [3.8, 4) is 34.1 Å². The lowest BCUT2D eigenvalue weighted by Gasteiger charge is -2.52. The largest absolute Gasteiger partial charge is 0.507 e. The molecule has 3 fully saturated rings. The quantitative estimate of drug-likeness (QED) is 0.472. The van der Waals surface area contributed by atoms with Gasteiger partial charge >= 0.3 is 0 Å². The fourth-order valence-electron chi connectivity index (χ4n) is 5.93. The molecule has 8 nitrogen and oxygen atoms in total. The van der Waals surface area contributed by atoms with Crippen molar-refractivity contribution in [2.75, 3.05) is 12.0 Å². The molecule has 37 heavy (non-hydrogen) atoms. The minimum absolute atomic E-state index is 0.0646. The fourth-order valence-corrected chi connectivity index (χ4v) is 5.93. The van der Waals surface area contributed by atoms with Gasteiger partial charge in [0.15, 0.2) is 11.6 Å². The number of rotatable bonds is 6. The number of anilines is 1. The Kier molecular flexibility index (Phi) is 5.94. The van der Waals surface area contributed by atoms with E-state index in [2.05, 4.69) is 37.3 Å². The van der Waals surface area contributed by atoms with Crippen LogP contribution in [0.3, 0.4) is 0 Å². The smallest absolute Gasteiger partial charge is 0.216 e. The molecule has 6 rings (SSSR count). The number of phenols is 1. The van der Waals surface area contributed by atoms with Gasteiger partial charge in [0.25, 0.3) is 0 Å². The second-order valence-electron chi connectivity index (χ2n) is 10.7. The number of piperidine rings is 2. The Morgan fingerprint density at radius 1 is 1.14 bits per heavy atom. The molecule has 2 aliphatic heterocycles. The number of halogens is 2. The Bertz CT molecular complexity index is 1300. The lowest BCUT2D eigenvalue weighted by Crippen LogP contribution is -2.67. The monoisotopic (exact) mass is 508 g/mol. The van der Waals surface area contributed by atoms with Crippen molar-refractivity contribution in [1.82, 2.24) is 25.5 Å². The normalized spacial score (nSPS) is 27.1. The molecule has 0 amide bonds. The first kappa shape index (κ1) is 24.0. The molecule has 2 aromatic heterocycles. The molecule has 0 spiro atoms. The number of ether oxygens (including phenoxy) is 1. The number of hydrogen-bond acceptors (Lipinski definition) is 8. The fraction of sp³-hybridized carbons (Fsp3) is 0.481. The Balaban J connectivity index is 1.27. The summed E-state index contributed by atoms with van der Waals surface area (Å²) in [5.74, 6) is 0.225. The number of nitrogens with zero attached hydrogens (tertiary/aromatic N) is 5. The van der Waals surface area contributed by atoms with Gasteiger partial charge in [-0.1, -0.05) is 6.07 Å². The summed E-state index contributed by atoms with van der Waals surface area (Å²) in [6.45, 7) is 2.19. The van der Waals surface area contributed by atoms with Crippen LogP contribution in [0.25, 0.3) is 22.5 Å². The van der Waals surface area contributed by atoms with Crippen molar-refractivity contribution in [3.05, 3.63) is 42.5 Å². The molecule has 4 atom stereocenters. The molecule has 0 radical (unpaired) electrons. The minimum Gasteiger partial charge on any atom is -0.507 e. The van der Waals surface area contributed by atoms with E-state index in [0.29, 0.717) is 28.9 Å². The number of fused-ring (bicyclic) bond motifs is 2. The van der Waals surface area contributed by atoms with Gasteiger partial charge in [-0.15, -0.1) is 10.2 Å². The van der Waals surface area contributed by atoms with Crippen LogP contribution >= 0.6 is 0 Å². The number of methoxy groups -OCH3 is 1. The molecule has 2 saturated heterocycles. The maximum atomic E-state index is 15.6. The number of alkyl halides is 1. The van der Waals surface area contributed by atoms with E-state index in [4.69, 9.17) is 4.74 Å². The molecule has 10 heteroatoms. The average molecular weight is 509 g/mol. The molecule has 2 bridgehead atoms. The van der Waals surface area contributed by atoms with E-state index in [1.807, 2.05) is 0 Å². The highest BCUT2D eigenvalue weighted by Gasteiger charge is 2.50. The molecule has 0 unspecified atom stereocenters. The molecular weight excluding hydrogens is 478 g/mol. The van der Waals surface area contributed by atoms with Gasteiger partial charge in [0.05, 0.1) is 24.9 Å². The van der Waals surface area contributed by atoms with Gasteiger partial charge in [0.2, 0.25) is 11.8 Å². The summed E-state index contributed by atoms with van der Waals surface area (Å²) >= 11 is 0. The second-order valence-corrected chi connectivity index (χ2v) is 10.7. The van der Waals surface area contributed by atoms with Gasteiger partial charge in [-0.05, 0) is 68.7 Å². The number of aromatic hydroxyl groups is 1. The van der Waals surface area contributed by atoms with Crippen molar-refractivity contribution in [2.45, 2.75) is 75.3 Å². The molecule has 1 saturated carbocycles. The van der Waals surface area contributed by atoms with E-state index < -0.39 is 12.1 Å². The van der Waals surface area contributed by atoms with Crippen LogP contribution in [-0.2, 0) is 0 Å². The highest BCUT2D eigenvalue weighted by atomic mass is 19.1. The van der Waals surface area contributed by atoms with Gasteiger partial charge in [0, 0.05) is 29.8 Å². The van der Waals surface area contributed by atoms with Crippen molar-refractivity contribution >= 4 is 5.82 Å². The van der Waals surface area contributed by atoms with Crippen LogP contribution in [0.2, 0.25) is 0 Å². The number of phenolic OH excluding ortho intramolecular Hbond substituents is 1. The van der Waals surface area contributed by atoms with Crippen molar-refractivity contribution < 1.29 is 18.6 Å². The van der Waals surface area contributed by atoms with Crippen LogP contribution in [0.4, 0.5) is 14.6 Å². The zero-order chi connectivity index (χ0) is 25.7. The molecule has 4 heterocycles. The topological polar surface area (TPSA) is 96.3 Å². The first-order chi connectivity index (χ1) is 17.8. The maximum Gasteiger partial charge on any atom is 0.216 e. The summed E-state index contributed by atoms with van der Waals surface area (Å²) in [4.78, 5) is 10.2. The van der Waals surface area contributed by atoms with Crippen LogP contribution in [0, 0.1) is 5.95 Å². The van der Waals surface area contributed by atoms with E-state index in [9.17, 15) is 9.50 Å². The lowest BCUT2D eigenvalue weighted by molar-refractivity contribution is 0.0584. The van der Waals surface area contributed by atoms with E-state index in [1.165, 1.54) is 19.2 Å². The Morgan fingerprint density at radius 3 is 2.68 bits per heavy atom. The van der Waals surface area contributed by atoms with Crippen LogP contribution in [-0.4, -0.2) is 62.2 Å². The van der Waals surface area contributed by atoms with Crippen molar-refractivity contribution in [2.24, 2.45) is 0 Å². The summed E-state index contributed by atoms with van der Waals surface area (Å²) < 4.78 is 34.5. The predicted molar refractivity (Wildman–Crippen MR) is 135 cm³/mol. The van der Waals surface area contributed by atoms with E-state index in [0.717, 1.165) is 32.1 Å². The molecule has 3 aliphatic rings. The van der Waals surface area contributed by atoms with Gasteiger partial charge in [-0.25, -0.2) is 9.37 Å². The summed E-state index contributed by atoms with van der Waals surface area (Å²) in [6, 6.07) is 7.61. The highest BCUT2D eigenvalue weighted by Crippen LogP contribution is 2.42. The Hall–Kier alpha value is -3.40. The highest BCUT2D eigenvalue weighted by molar-refractivity contribution is 5.73. The third kappa shape index (κ3) is 4.58.